The Morgan fingerprint density at radius 3 is 2.24 bits per heavy atom. The number of nitrogens with one attached hydrogen (secondary N) is 1. The van der Waals surface area contributed by atoms with Crippen LogP contribution in [-0.2, 0) is 5.54 Å². The molecule has 1 aromatic rings. The summed E-state index contributed by atoms with van der Waals surface area (Å²) in [5.74, 6) is 0. The Bertz CT molecular complexity index is 622. The minimum atomic E-state index is -4.38. The average Bonchev–Trinajstić information content (AvgIpc) is 2.85. The maximum absolute atomic E-state index is 12.9. The van der Waals surface area contributed by atoms with Crippen LogP contribution in [-0.4, -0.2) is 54.7 Å². The van der Waals surface area contributed by atoms with Gasteiger partial charge >= 0.3 is 12.2 Å². The van der Waals surface area contributed by atoms with E-state index in [9.17, 15) is 18.0 Å². The van der Waals surface area contributed by atoms with Gasteiger partial charge in [0.05, 0.1) is 5.54 Å². The standard InChI is InChI=1S/C18H24F3N3O/c1-23(2)17(14-6-4-3-5-7-14)10-8-16(9-11-17)12-22-15(25)24(16)13-18(19,20)21/h3-7H,8-13H2,1-2H3,(H,22,25)/t16-,17-. The Hall–Kier alpha value is -1.76. The smallest absolute Gasteiger partial charge is 0.336 e. The van der Waals surface area contributed by atoms with Crippen molar-refractivity contribution in [2.75, 3.05) is 27.2 Å². The number of nitrogens with zero attached hydrogens (tertiary/aromatic N) is 2. The maximum Gasteiger partial charge on any atom is 0.406 e. The SMILES string of the molecule is CN(C)[C@]1(c2ccccc2)CC[C@@]2(CC1)CNC(=O)N2CC(F)(F)F. The summed E-state index contributed by atoms with van der Waals surface area (Å²) in [4.78, 5) is 15.2. The van der Waals surface area contributed by atoms with E-state index in [1.165, 1.54) is 5.56 Å². The fraction of sp³-hybridized carbons (Fsp3) is 0.611. The summed E-state index contributed by atoms with van der Waals surface area (Å²) in [6.45, 7) is -0.890. The van der Waals surface area contributed by atoms with Gasteiger partial charge in [0.2, 0.25) is 0 Å². The van der Waals surface area contributed by atoms with Crippen molar-refractivity contribution in [1.82, 2.24) is 15.1 Å². The zero-order chi connectivity index (χ0) is 18.3. The molecule has 1 aliphatic carbocycles. The highest BCUT2D eigenvalue weighted by Crippen LogP contribution is 2.48. The molecule has 1 heterocycles. The zero-order valence-electron chi connectivity index (χ0n) is 14.6. The molecule has 0 bridgehead atoms. The van der Waals surface area contributed by atoms with Crippen LogP contribution in [0.5, 0.6) is 0 Å². The third kappa shape index (κ3) is 3.21. The number of halogens is 3. The Morgan fingerprint density at radius 1 is 1.12 bits per heavy atom. The van der Waals surface area contributed by atoms with Crippen molar-refractivity contribution in [2.45, 2.75) is 42.9 Å². The second-order valence-corrected chi connectivity index (χ2v) is 7.38. The minimum absolute atomic E-state index is 0.206. The van der Waals surface area contributed by atoms with Gasteiger partial charge in [0.25, 0.3) is 0 Å². The predicted octanol–water partition coefficient (Wildman–Crippen LogP) is 3.34. The van der Waals surface area contributed by atoms with Gasteiger partial charge in [-0.2, -0.15) is 13.2 Å². The molecule has 4 nitrogen and oxygen atoms in total. The van der Waals surface area contributed by atoms with Gasteiger partial charge < -0.3 is 10.2 Å². The van der Waals surface area contributed by atoms with Gasteiger partial charge in [-0.05, 0) is 45.3 Å². The predicted molar refractivity (Wildman–Crippen MR) is 89.2 cm³/mol. The quantitative estimate of drug-likeness (QED) is 0.903. The van der Waals surface area contributed by atoms with Crippen LogP contribution in [0.4, 0.5) is 18.0 Å². The Balaban J connectivity index is 1.85. The van der Waals surface area contributed by atoms with Gasteiger partial charge in [0.1, 0.15) is 6.54 Å². The molecule has 2 aliphatic rings. The zero-order valence-corrected chi connectivity index (χ0v) is 14.6. The summed E-state index contributed by atoms with van der Waals surface area (Å²) in [5.41, 5.74) is 0.234. The molecule has 1 spiro atoms. The highest BCUT2D eigenvalue weighted by Gasteiger charge is 2.54. The van der Waals surface area contributed by atoms with Crippen LogP contribution in [0, 0.1) is 0 Å². The van der Waals surface area contributed by atoms with Crippen LogP contribution >= 0.6 is 0 Å². The lowest BCUT2D eigenvalue weighted by Gasteiger charge is -2.51. The lowest BCUT2D eigenvalue weighted by atomic mass is 9.68. The van der Waals surface area contributed by atoms with E-state index in [4.69, 9.17) is 0 Å². The first-order valence-electron chi connectivity index (χ1n) is 8.54. The van der Waals surface area contributed by atoms with Gasteiger partial charge in [-0.25, -0.2) is 4.79 Å². The topological polar surface area (TPSA) is 35.6 Å². The van der Waals surface area contributed by atoms with Crippen molar-refractivity contribution in [3.8, 4) is 0 Å². The summed E-state index contributed by atoms with van der Waals surface area (Å²) in [5, 5.41) is 2.62. The largest absolute Gasteiger partial charge is 0.406 e. The molecule has 1 aromatic carbocycles. The second-order valence-electron chi connectivity index (χ2n) is 7.38. The third-order valence-corrected chi connectivity index (χ3v) is 5.90. The molecular formula is C18H24F3N3O. The van der Waals surface area contributed by atoms with E-state index in [1.807, 2.05) is 32.3 Å². The Labute approximate surface area is 146 Å². The fourth-order valence-corrected chi connectivity index (χ4v) is 4.38. The van der Waals surface area contributed by atoms with Crippen LogP contribution in [0.2, 0.25) is 0 Å². The first-order chi connectivity index (χ1) is 11.7. The Kier molecular flexibility index (Phi) is 4.47. The molecule has 1 N–H and O–H groups in total. The van der Waals surface area contributed by atoms with Crippen molar-refractivity contribution in [1.29, 1.82) is 0 Å². The van der Waals surface area contributed by atoms with Crippen molar-refractivity contribution < 1.29 is 18.0 Å². The summed E-state index contributed by atoms with van der Waals surface area (Å²) >= 11 is 0. The summed E-state index contributed by atoms with van der Waals surface area (Å²) in [6.07, 6.45) is -1.85. The number of hydrogen-bond acceptors (Lipinski definition) is 2. The van der Waals surface area contributed by atoms with Crippen molar-refractivity contribution in [3.05, 3.63) is 35.9 Å². The number of rotatable bonds is 3. The van der Waals surface area contributed by atoms with Crippen LogP contribution in [0.1, 0.15) is 31.2 Å². The van der Waals surface area contributed by atoms with Crippen molar-refractivity contribution in [3.63, 3.8) is 0 Å². The minimum Gasteiger partial charge on any atom is -0.336 e. The summed E-state index contributed by atoms with van der Waals surface area (Å²) in [6, 6.07) is 9.48. The molecule has 1 aliphatic heterocycles. The number of urea groups is 1. The van der Waals surface area contributed by atoms with Crippen molar-refractivity contribution in [2.24, 2.45) is 0 Å². The van der Waals surface area contributed by atoms with E-state index in [0.717, 1.165) is 4.90 Å². The van der Waals surface area contributed by atoms with Crippen molar-refractivity contribution >= 4 is 6.03 Å². The maximum atomic E-state index is 12.9. The number of benzene rings is 1. The molecule has 25 heavy (non-hydrogen) atoms. The molecule has 1 saturated heterocycles. The highest BCUT2D eigenvalue weighted by atomic mass is 19.4. The van der Waals surface area contributed by atoms with E-state index in [1.54, 1.807) is 0 Å². The van der Waals surface area contributed by atoms with Gasteiger partial charge in [-0.3, -0.25) is 4.90 Å². The number of amides is 2. The number of alkyl halides is 3. The normalized spacial score (nSPS) is 30.2. The van der Waals surface area contributed by atoms with Crippen LogP contribution < -0.4 is 5.32 Å². The second kappa shape index (κ2) is 6.20. The van der Waals surface area contributed by atoms with E-state index >= 15 is 0 Å². The van der Waals surface area contributed by atoms with E-state index in [2.05, 4.69) is 22.3 Å². The first-order valence-corrected chi connectivity index (χ1v) is 8.54. The first kappa shape index (κ1) is 18.0. The molecule has 0 atom stereocenters. The third-order valence-electron chi connectivity index (χ3n) is 5.90. The molecule has 0 radical (unpaired) electrons. The van der Waals surface area contributed by atoms with Gasteiger partial charge in [-0.1, -0.05) is 30.3 Å². The van der Waals surface area contributed by atoms with Crippen LogP contribution in [0.15, 0.2) is 30.3 Å². The molecule has 7 heteroatoms. The fourth-order valence-electron chi connectivity index (χ4n) is 4.38. The number of carbonyl (C=O) groups excluding carboxylic acids is 1. The highest BCUT2D eigenvalue weighted by molar-refractivity contribution is 5.78. The van der Waals surface area contributed by atoms with Crippen LogP contribution in [0.25, 0.3) is 0 Å². The molecule has 0 aromatic heterocycles. The van der Waals surface area contributed by atoms with Crippen LogP contribution in [0.3, 0.4) is 0 Å². The molecule has 1 saturated carbocycles. The lowest BCUT2D eigenvalue weighted by molar-refractivity contribution is -0.150. The lowest BCUT2D eigenvalue weighted by Crippen LogP contribution is -2.57. The molecule has 3 rings (SSSR count). The molecule has 0 unspecified atom stereocenters. The number of carbonyl (C=O) groups is 1. The summed E-state index contributed by atoms with van der Waals surface area (Å²) < 4.78 is 38.8. The summed E-state index contributed by atoms with van der Waals surface area (Å²) in [7, 11) is 4.02. The van der Waals surface area contributed by atoms with Gasteiger partial charge in [0, 0.05) is 12.1 Å². The van der Waals surface area contributed by atoms with Gasteiger partial charge in [-0.15, -0.1) is 0 Å². The molecule has 2 fully saturated rings. The monoisotopic (exact) mass is 355 g/mol. The van der Waals surface area contributed by atoms with Gasteiger partial charge in [0.15, 0.2) is 0 Å². The molecular weight excluding hydrogens is 331 g/mol. The Morgan fingerprint density at radius 2 is 1.72 bits per heavy atom. The number of hydrogen-bond donors (Lipinski definition) is 1. The van der Waals surface area contributed by atoms with E-state index in [0.29, 0.717) is 32.2 Å². The molecule has 2 amide bonds. The van der Waals surface area contributed by atoms with E-state index < -0.39 is 24.3 Å². The average molecular weight is 355 g/mol. The van der Waals surface area contributed by atoms with E-state index in [-0.39, 0.29) is 5.54 Å². The molecule has 138 valence electrons.